The van der Waals surface area contributed by atoms with Crippen LogP contribution < -0.4 is 5.32 Å². The Bertz CT molecular complexity index is 324. The van der Waals surface area contributed by atoms with Gasteiger partial charge in [0.1, 0.15) is 0 Å². The van der Waals surface area contributed by atoms with Gasteiger partial charge in [0.15, 0.2) is 5.82 Å². The summed E-state index contributed by atoms with van der Waals surface area (Å²) in [5.41, 5.74) is 0. The molecule has 2 rings (SSSR count). The molecule has 0 bridgehead atoms. The number of nitrogens with zero attached hydrogens (tertiary/aromatic N) is 2. The van der Waals surface area contributed by atoms with E-state index in [0.29, 0.717) is 11.8 Å². The third-order valence-corrected chi connectivity index (χ3v) is 2.70. The van der Waals surface area contributed by atoms with Gasteiger partial charge in [-0.25, -0.2) is 0 Å². The Kier molecular flexibility index (Phi) is 3.02. The van der Waals surface area contributed by atoms with Gasteiger partial charge >= 0.3 is 0 Å². The van der Waals surface area contributed by atoms with E-state index < -0.39 is 0 Å². The summed E-state index contributed by atoms with van der Waals surface area (Å²) in [5, 5.41) is 7.25. The van der Waals surface area contributed by atoms with Crippen LogP contribution in [0.2, 0.25) is 0 Å². The molecule has 1 saturated heterocycles. The van der Waals surface area contributed by atoms with E-state index in [-0.39, 0.29) is 12.1 Å². The van der Waals surface area contributed by atoms with Crippen LogP contribution in [-0.2, 0) is 4.74 Å². The van der Waals surface area contributed by atoms with Gasteiger partial charge in [-0.15, -0.1) is 0 Å². The van der Waals surface area contributed by atoms with E-state index in [1.165, 1.54) is 0 Å². The Morgan fingerprint density at radius 3 is 2.87 bits per heavy atom. The number of hydrogen-bond donors (Lipinski definition) is 1. The van der Waals surface area contributed by atoms with E-state index in [1.54, 1.807) is 7.11 Å². The molecule has 0 aliphatic carbocycles. The van der Waals surface area contributed by atoms with Crippen molar-refractivity contribution in [2.45, 2.75) is 38.3 Å². The van der Waals surface area contributed by atoms with Gasteiger partial charge in [0, 0.05) is 19.6 Å². The molecule has 0 unspecified atom stereocenters. The number of rotatable bonds is 3. The summed E-state index contributed by atoms with van der Waals surface area (Å²) >= 11 is 0. The fraction of sp³-hybridized carbons (Fsp3) is 0.800. The van der Waals surface area contributed by atoms with Crippen molar-refractivity contribution in [3.8, 4) is 0 Å². The van der Waals surface area contributed by atoms with Crippen molar-refractivity contribution in [1.29, 1.82) is 0 Å². The molecule has 0 radical (unpaired) electrons. The highest BCUT2D eigenvalue weighted by atomic mass is 16.5. The van der Waals surface area contributed by atoms with Crippen LogP contribution in [0.15, 0.2) is 4.52 Å². The van der Waals surface area contributed by atoms with E-state index >= 15 is 0 Å². The molecule has 0 aromatic carbocycles. The minimum atomic E-state index is 0.148. The summed E-state index contributed by atoms with van der Waals surface area (Å²) < 4.78 is 10.5. The van der Waals surface area contributed by atoms with Gasteiger partial charge in [-0.3, -0.25) is 0 Å². The zero-order chi connectivity index (χ0) is 10.8. The second-order valence-corrected chi connectivity index (χ2v) is 4.20. The minimum Gasteiger partial charge on any atom is -0.380 e. The number of aromatic nitrogens is 2. The summed E-state index contributed by atoms with van der Waals surface area (Å²) in [5.74, 6) is 1.76. The molecule has 1 aromatic heterocycles. The summed E-state index contributed by atoms with van der Waals surface area (Å²) in [4.78, 5) is 4.36. The Balaban J connectivity index is 2.04. The smallest absolute Gasteiger partial charge is 0.243 e. The molecule has 1 N–H and O–H groups in total. The van der Waals surface area contributed by atoms with Crippen molar-refractivity contribution in [2.75, 3.05) is 13.7 Å². The fourth-order valence-electron chi connectivity index (χ4n) is 1.69. The molecular formula is C10H17N3O2. The summed E-state index contributed by atoms with van der Waals surface area (Å²) in [6, 6.07) is 0.148. The summed E-state index contributed by atoms with van der Waals surface area (Å²) in [6.45, 7) is 4.95. The van der Waals surface area contributed by atoms with Crippen molar-refractivity contribution < 1.29 is 9.26 Å². The van der Waals surface area contributed by atoms with E-state index in [4.69, 9.17) is 9.26 Å². The minimum absolute atomic E-state index is 0.148. The second-order valence-electron chi connectivity index (χ2n) is 4.20. The Labute approximate surface area is 89.2 Å². The molecule has 2 atom stereocenters. The molecule has 0 amide bonds. The standard InChI is InChI=1S/C10H17N3O2/c1-6(2)9-12-10(15-13-9)8-4-7(14-3)5-11-8/h6-8,11H,4-5H2,1-3H3/t7-,8-/m0/s1. The van der Waals surface area contributed by atoms with Crippen molar-refractivity contribution >= 4 is 0 Å². The van der Waals surface area contributed by atoms with Crippen LogP contribution in [0.4, 0.5) is 0 Å². The number of methoxy groups -OCH3 is 1. The average Bonchev–Trinajstić information content (AvgIpc) is 2.86. The zero-order valence-electron chi connectivity index (χ0n) is 9.36. The summed E-state index contributed by atoms with van der Waals surface area (Å²) in [7, 11) is 1.72. The molecule has 2 heterocycles. The van der Waals surface area contributed by atoms with Crippen molar-refractivity contribution in [3.63, 3.8) is 0 Å². The Hall–Kier alpha value is -0.940. The SMILES string of the molecule is CO[C@@H]1CN[C@H](c2nc(C(C)C)no2)C1. The normalized spacial score (nSPS) is 26.4. The molecule has 1 aliphatic rings. The first kappa shape index (κ1) is 10.6. The first-order chi connectivity index (χ1) is 7.20. The molecule has 15 heavy (non-hydrogen) atoms. The molecule has 0 saturated carbocycles. The van der Waals surface area contributed by atoms with Gasteiger partial charge < -0.3 is 14.6 Å². The molecule has 1 aliphatic heterocycles. The third-order valence-electron chi connectivity index (χ3n) is 2.70. The molecule has 5 heteroatoms. The lowest BCUT2D eigenvalue weighted by Crippen LogP contribution is -2.16. The molecule has 0 spiro atoms. The van der Waals surface area contributed by atoms with Crippen LogP contribution in [0.1, 0.15) is 43.9 Å². The molecule has 5 nitrogen and oxygen atoms in total. The molecule has 1 fully saturated rings. The molecular weight excluding hydrogens is 194 g/mol. The highest BCUT2D eigenvalue weighted by Gasteiger charge is 2.29. The second kappa shape index (κ2) is 4.28. The van der Waals surface area contributed by atoms with Gasteiger partial charge in [0.25, 0.3) is 0 Å². The highest BCUT2D eigenvalue weighted by Crippen LogP contribution is 2.24. The number of hydrogen-bond acceptors (Lipinski definition) is 5. The van der Waals surface area contributed by atoms with Crippen LogP contribution in [0, 0.1) is 0 Å². The van der Waals surface area contributed by atoms with Crippen molar-refractivity contribution in [3.05, 3.63) is 11.7 Å². The van der Waals surface area contributed by atoms with Crippen molar-refractivity contribution in [2.24, 2.45) is 0 Å². The maximum atomic E-state index is 5.26. The largest absolute Gasteiger partial charge is 0.380 e. The van der Waals surface area contributed by atoms with Crippen LogP contribution in [0.25, 0.3) is 0 Å². The fourth-order valence-corrected chi connectivity index (χ4v) is 1.69. The lowest BCUT2D eigenvalue weighted by atomic mass is 10.2. The van der Waals surface area contributed by atoms with E-state index in [1.807, 2.05) is 0 Å². The zero-order valence-corrected chi connectivity index (χ0v) is 9.36. The van der Waals surface area contributed by atoms with Crippen LogP contribution in [0.3, 0.4) is 0 Å². The lowest BCUT2D eigenvalue weighted by molar-refractivity contribution is 0.116. The Morgan fingerprint density at radius 1 is 1.53 bits per heavy atom. The van der Waals surface area contributed by atoms with E-state index in [9.17, 15) is 0 Å². The Morgan fingerprint density at radius 2 is 2.33 bits per heavy atom. The van der Waals surface area contributed by atoms with E-state index in [0.717, 1.165) is 18.8 Å². The maximum Gasteiger partial charge on any atom is 0.243 e. The maximum absolute atomic E-state index is 5.26. The van der Waals surface area contributed by atoms with Gasteiger partial charge in [-0.1, -0.05) is 19.0 Å². The van der Waals surface area contributed by atoms with Crippen LogP contribution in [0.5, 0.6) is 0 Å². The lowest BCUT2D eigenvalue weighted by Gasteiger charge is -2.04. The first-order valence-corrected chi connectivity index (χ1v) is 5.30. The highest BCUT2D eigenvalue weighted by molar-refractivity contribution is 4.99. The van der Waals surface area contributed by atoms with Crippen LogP contribution in [-0.4, -0.2) is 29.9 Å². The number of ether oxygens (including phenoxy) is 1. The van der Waals surface area contributed by atoms with E-state index in [2.05, 4.69) is 29.3 Å². The number of nitrogens with one attached hydrogen (secondary N) is 1. The topological polar surface area (TPSA) is 60.2 Å². The first-order valence-electron chi connectivity index (χ1n) is 5.30. The average molecular weight is 211 g/mol. The predicted molar refractivity (Wildman–Crippen MR) is 54.5 cm³/mol. The van der Waals surface area contributed by atoms with Gasteiger partial charge in [0.2, 0.25) is 5.89 Å². The summed E-state index contributed by atoms with van der Waals surface area (Å²) in [6.07, 6.45) is 1.15. The van der Waals surface area contributed by atoms with Gasteiger partial charge in [-0.05, 0) is 6.42 Å². The van der Waals surface area contributed by atoms with Gasteiger partial charge in [0.05, 0.1) is 12.1 Å². The van der Waals surface area contributed by atoms with Crippen molar-refractivity contribution in [1.82, 2.24) is 15.5 Å². The molecule has 84 valence electrons. The quantitative estimate of drug-likeness (QED) is 0.815. The molecule has 1 aromatic rings. The predicted octanol–water partition coefficient (Wildman–Crippen LogP) is 1.24. The monoisotopic (exact) mass is 211 g/mol. The van der Waals surface area contributed by atoms with Crippen LogP contribution >= 0.6 is 0 Å². The van der Waals surface area contributed by atoms with Gasteiger partial charge in [-0.2, -0.15) is 4.98 Å². The third kappa shape index (κ3) is 2.18.